The molecule has 0 fully saturated rings. The van der Waals surface area contributed by atoms with Gasteiger partial charge in [0.05, 0.1) is 0 Å². The van der Waals surface area contributed by atoms with Gasteiger partial charge in [0.1, 0.15) is 10.6 Å². The van der Waals surface area contributed by atoms with Crippen molar-refractivity contribution < 1.29 is 9.59 Å². The van der Waals surface area contributed by atoms with E-state index in [9.17, 15) is 14.4 Å². The van der Waals surface area contributed by atoms with E-state index in [4.69, 9.17) is 0 Å². The molecule has 0 radical (unpaired) electrons. The molecule has 0 saturated heterocycles. The molecule has 4 aromatic rings. The van der Waals surface area contributed by atoms with Gasteiger partial charge in [0, 0.05) is 26.7 Å². The molecule has 0 aliphatic heterocycles. The number of amides is 2. The molecule has 0 aliphatic carbocycles. The highest BCUT2D eigenvalue weighted by molar-refractivity contribution is 14.1. The highest BCUT2D eigenvalue weighted by Crippen LogP contribution is 2.24. The Balaban J connectivity index is 1.78. The van der Waals surface area contributed by atoms with Gasteiger partial charge in [0.2, 0.25) is 0 Å². The van der Waals surface area contributed by atoms with Crippen molar-refractivity contribution >= 4 is 62.1 Å². The molecule has 4 rings (SSSR count). The normalized spacial score (nSPS) is 10.8. The van der Waals surface area contributed by atoms with Crippen LogP contribution < -0.4 is 16.2 Å². The summed E-state index contributed by atoms with van der Waals surface area (Å²) in [5.74, 6) is -1.04. The maximum absolute atomic E-state index is 13.2. The third-order valence-electron chi connectivity index (χ3n) is 4.48. The smallest absolute Gasteiger partial charge is 0.274 e. The van der Waals surface area contributed by atoms with Crippen LogP contribution in [-0.2, 0) is 0 Å². The molecule has 31 heavy (non-hydrogen) atoms. The topological polar surface area (TPSA) is 92.6 Å². The summed E-state index contributed by atoms with van der Waals surface area (Å²) in [6, 6.07) is 15.9. The van der Waals surface area contributed by atoms with E-state index in [-0.39, 0.29) is 15.5 Å². The molecular weight excluding hydrogens is 527 g/mol. The lowest BCUT2D eigenvalue weighted by molar-refractivity contribution is 0.0989. The number of benzene rings is 2. The summed E-state index contributed by atoms with van der Waals surface area (Å²) in [5, 5.41) is 5.56. The molecule has 7 nitrogen and oxygen atoms in total. The van der Waals surface area contributed by atoms with Crippen LogP contribution in [0.1, 0.15) is 31.4 Å². The molecule has 2 heterocycles. The number of aryl methyl sites for hydroxylation is 2. The molecule has 2 aromatic carbocycles. The second-order valence-electron chi connectivity index (χ2n) is 6.91. The number of fused-ring (bicyclic) bond motifs is 1. The summed E-state index contributed by atoms with van der Waals surface area (Å²) < 4.78 is 2.20. The number of rotatable bonds is 4. The minimum absolute atomic E-state index is 0.0411. The first kappa shape index (κ1) is 21.2. The maximum Gasteiger partial charge on any atom is 0.274 e. The summed E-state index contributed by atoms with van der Waals surface area (Å²) >= 11 is 3.17. The quantitative estimate of drug-likeness (QED) is 0.371. The third kappa shape index (κ3) is 4.52. The summed E-state index contributed by atoms with van der Waals surface area (Å²) in [4.78, 5) is 43.6. The van der Waals surface area contributed by atoms with Gasteiger partial charge in [-0.25, -0.2) is 9.38 Å². The van der Waals surface area contributed by atoms with Crippen LogP contribution in [0, 0.1) is 17.4 Å². The highest BCUT2D eigenvalue weighted by atomic mass is 127. The van der Waals surface area contributed by atoms with Gasteiger partial charge < -0.3 is 10.6 Å². The Labute approximate surface area is 195 Å². The lowest BCUT2D eigenvalue weighted by atomic mass is 10.2. The van der Waals surface area contributed by atoms with E-state index in [2.05, 4.69) is 38.2 Å². The third-order valence-corrected chi connectivity index (χ3v) is 6.24. The Hall–Kier alpha value is -3.05. The number of hydrogen-bond acceptors (Lipinski definition) is 5. The van der Waals surface area contributed by atoms with Crippen molar-refractivity contribution in [2.45, 2.75) is 13.8 Å². The maximum atomic E-state index is 13.2. The fraction of sp³-hybridized carbons (Fsp3) is 0.0909. The summed E-state index contributed by atoms with van der Waals surface area (Å²) in [6.07, 6.45) is 0. The average molecular weight is 544 g/mol. The zero-order valence-electron chi connectivity index (χ0n) is 16.6. The van der Waals surface area contributed by atoms with Gasteiger partial charge in [-0.1, -0.05) is 29.0 Å². The monoisotopic (exact) mass is 544 g/mol. The molecule has 0 atom stereocenters. The van der Waals surface area contributed by atoms with Crippen LogP contribution in [0.5, 0.6) is 0 Å². The second kappa shape index (κ2) is 8.60. The first-order valence-electron chi connectivity index (χ1n) is 9.30. The number of anilines is 2. The van der Waals surface area contributed by atoms with Gasteiger partial charge >= 0.3 is 0 Å². The molecule has 2 amide bonds. The standard InChI is InChI=1S/C22H17IN4O3S/c1-12-3-7-15(8-4-12)26-21(30)19-18(20(29)25-16-9-5-14(23)6-10-16)27-17(28)11-13(2)24-22(27)31-19/h3-11H,1-2H3,(H,25,29)(H,26,30). The largest absolute Gasteiger partial charge is 0.321 e. The fourth-order valence-corrected chi connectivity index (χ4v) is 4.42. The number of nitrogens with zero attached hydrogens (tertiary/aromatic N) is 2. The van der Waals surface area contributed by atoms with Crippen LogP contribution in [0.25, 0.3) is 4.96 Å². The number of carbonyl (C=O) groups is 2. The zero-order valence-corrected chi connectivity index (χ0v) is 19.6. The van der Waals surface area contributed by atoms with Crippen molar-refractivity contribution in [3.05, 3.63) is 90.3 Å². The summed E-state index contributed by atoms with van der Waals surface area (Å²) in [5.41, 5.74) is 2.27. The van der Waals surface area contributed by atoms with E-state index < -0.39 is 17.4 Å². The Bertz CT molecular complexity index is 1360. The molecule has 0 saturated carbocycles. The number of hydrogen-bond donors (Lipinski definition) is 2. The van der Waals surface area contributed by atoms with Crippen molar-refractivity contribution in [1.82, 2.24) is 9.38 Å². The predicted molar refractivity (Wildman–Crippen MR) is 130 cm³/mol. The van der Waals surface area contributed by atoms with Crippen LogP contribution in [0.3, 0.4) is 0 Å². The SMILES string of the molecule is Cc1ccc(NC(=O)c2sc3nc(C)cc(=O)n3c2C(=O)Nc2ccc(I)cc2)cc1. The Morgan fingerprint density at radius 2 is 1.52 bits per heavy atom. The van der Waals surface area contributed by atoms with Gasteiger partial charge in [-0.05, 0) is 72.8 Å². The molecule has 156 valence electrons. The van der Waals surface area contributed by atoms with E-state index in [1.165, 1.54) is 10.5 Å². The van der Waals surface area contributed by atoms with Gasteiger partial charge in [-0.15, -0.1) is 0 Å². The first-order valence-corrected chi connectivity index (χ1v) is 11.2. The van der Waals surface area contributed by atoms with E-state index in [0.717, 1.165) is 20.5 Å². The lowest BCUT2D eigenvalue weighted by Gasteiger charge is -2.08. The van der Waals surface area contributed by atoms with Gasteiger partial charge in [0.25, 0.3) is 17.4 Å². The van der Waals surface area contributed by atoms with Crippen molar-refractivity contribution in [1.29, 1.82) is 0 Å². The van der Waals surface area contributed by atoms with Crippen molar-refractivity contribution in [3.8, 4) is 0 Å². The van der Waals surface area contributed by atoms with Crippen LogP contribution in [0.2, 0.25) is 0 Å². The number of thiazole rings is 1. The minimum atomic E-state index is -0.561. The summed E-state index contributed by atoms with van der Waals surface area (Å²) in [7, 11) is 0. The van der Waals surface area contributed by atoms with Gasteiger partial charge in [-0.2, -0.15) is 0 Å². The lowest BCUT2D eigenvalue weighted by Crippen LogP contribution is -2.25. The fourth-order valence-electron chi connectivity index (χ4n) is 2.99. The number of halogens is 1. The molecule has 2 N–H and O–H groups in total. The first-order chi connectivity index (χ1) is 14.8. The van der Waals surface area contributed by atoms with Crippen molar-refractivity contribution in [3.63, 3.8) is 0 Å². The van der Waals surface area contributed by atoms with Crippen molar-refractivity contribution in [2.75, 3.05) is 10.6 Å². The van der Waals surface area contributed by atoms with Crippen LogP contribution >= 0.6 is 33.9 Å². The van der Waals surface area contributed by atoms with Gasteiger partial charge in [0.15, 0.2) is 4.96 Å². The molecule has 2 aromatic heterocycles. The Morgan fingerprint density at radius 1 is 0.935 bits per heavy atom. The Morgan fingerprint density at radius 3 is 2.16 bits per heavy atom. The molecule has 0 unspecified atom stereocenters. The van der Waals surface area contributed by atoms with E-state index in [1.54, 1.807) is 31.2 Å². The van der Waals surface area contributed by atoms with E-state index >= 15 is 0 Å². The zero-order chi connectivity index (χ0) is 22.1. The van der Waals surface area contributed by atoms with Gasteiger partial charge in [-0.3, -0.25) is 14.4 Å². The summed E-state index contributed by atoms with van der Waals surface area (Å²) in [6.45, 7) is 3.64. The number of nitrogens with one attached hydrogen (secondary N) is 2. The molecule has 0 spiro atoms. The van der Waals surface area contributed by atoms with Crippen molar-refractivity contribution in [2.24, 2.45) is 0 Å². The Kier molecular flexibility index (Phi) is 5.88. The number of carbonyl (C=O) groups excluding carboxylic acids is 2. The minimum Gasteiger partial charge on any atom is -0.321 e. The van der Waals surface area contributed by atoms with E-state index in [1.807, 2.05) is 31.2 Å². The molecule has 0 bridgehead atoms. The van der Waals surface area contributed by atoms with Crippen LogP contribution in [-0.4, -0.2) is 21.2 Å². The predicted octanol–water partition coefficient (Wildman–Crippen LogP) is 4.48. The van der Waals surface area contributed by atoms with Crippen LogP contribution in [0.4, 0.5) is 11.4 Å². The van der Waals surface area contributed by atoms with E-state index in [0.29, 0.717) is 17.1 Å². The average Bonchev–Trinajstić information content (AvgIpc) is 3.11. The van der Waals surface area contributed by atoms with Crippen LogP contribution in [0.15, 0.2) is 59.4 Å². The number of aromatic nitrogens is 2. The second-order valence-corrected chi connectivity index (χ2v) is 9.14. The highest BCUT2D eigenvalue weighted by Gasteiger charge is 2.26. The molecule has 9 heteroatoms. The molecule has 0 aliphatic rings. The molecular formula is C22H17IN4O3S.